The van der Waals surface area contributed by atoms with Gasteiger partial charge in [-0.3, -0.25) is 0 Å². The summed E-state index contributed by atoms with van der Waals surface area (Å²) in [6.07, 6.45) is -4.40. The first-order chi connectivity index (χ1) is 9.44. The minimum atomic E-state index is -4.22. The number of hydrogen-bond donors (Lipinski definition) is 2. The molecular weight excluding hydrogens is 275 g/mol. The number of nitrogens with zero attached hydrogens (tertiary/aromatic N) is 3. The van der Waals surface area contributed by atoms with E-state index >= 15 is 0 Å². The van der Waals surface area contributed by atoms with Gasteiger partial charge in [-0.05, 0) is 13.3 Å². The molecule has 0 aromatic carbocycles. The lowest BCUT2D eigenvalue weighted by Gasteiger charge is -2.10. The molecular formula is C11H18F3N5O. The van der Waals surface area contributed by atoms with Crippen LogP contribution in [0.15, 0.2) is 0 Å². The molecule has 0 aliphatic rings. The largest absolute Gasteiger partial charge is 0.463 e. The lowest BCUT2D eigenvalue weighted by molar-refractivity contribution is -0.131. The molecule has 0 aliphatic carbocycles. The quantitative estimate of drug-likeness (QED) is 0.767. The Labute approximate surface area is 115 Å². The molecule has 0 radical (unpaired) electrons. The zero-order valence-electron chi connectivity index (χ0n) is 11.4. The van der Waals surface area contributed by atoms with Crippen LogP contribution in [0.1, 0.15) is 26.7 Å². The van der Waals surface area contributed by atoms with Crippen LogP contribution in [0, 0.1) is 0 Å². The highest BCUT2D eigenvalue weighted by molar-refractivity contribution is 5.35. The molecule has 1 rings (SSSR count). The maximum atomic E-state index is 12.1. The molecule has 0 fully saturated rings. The Kier molecular flexibility index (Phi) is 6.26. The van der Waals surface area contributed by atoms with Crippen molar-refractivity contribution in [1.82, 2.24) is 15.0 Å². The molecule has 0 atom stereocenters. The topological polar surface area (TPSA) is 72.0 Å². The van der Waals surface area contributed by atoms with Crippen LogP contribution in [0.25, 0.3) is 0 Å². The smallest absolute Gasteiger partial charge is 0.390 e. The number of nitrogens with one attached hydrogen (secondary N) is 2. The van der Waals surface area contributed by atoms with Crippen LogP contribution in [0.5, 0.6) is 6.01 Å². The summed E-state index contributed by atoms with van der Waals surface area (Å²) in [6, 6.07) is 0.0901. The van der Waals surface area contributed by atoms with Crippen molar-refractivity contribution in [2.75, 3.05) is 30.3 Å². The van der Waals surface area contributed by atoms with Gasteiger partial charge in [0.15, 0.2) is 0 Å². The molecule has 114 valence electrons. The van der Waals surface area contributed by atoms with Crippen molar-refractivity contribution < 1.29 is 17.9 Å². The number of rotatable bonds is 8. The Bertz CT molecular complexity index is 414. The van der Waals surface area contributed by atoms with Gasteiger partial charge in [0.2, 0.25) is 11.9 Å². The normalized spacial score (nSPS) is 11.2. The number of ether oxygens (including phenoxy) is 1. The third-order valence-corrected chi connectivity index (χ3v) is 2.08. The van der Waals surface area contributed by atoms with Gasteiger partial charge in [0.05, 0.1) is 13.0 Å². The van der Waals surface area contributed by atoms with Crippen LogP contribution in [-0.4, -0.2) is 40.8 Å². The molecule has 0 saturated carbocycles. The van der Waals surface area contributed by atoms with Crippen LogP contribution in [0.2, 0.25) is 0 Å². The van der Waals surface area contributed by atoms with Gasteiger partial charge < -0.3 is 15.4 Å². The van der Waals surface area contributed by atoms with E-state index in [1.807, 2.05) is 13.8 Å². The maximum Gasteiger partial charge on any atom is 0.390 e. The number of anilines is 2. The number of hydrogen-bond acceptors (Lipinski definition) is 6. The molecule has 0 spiro atoms. The molecule has 1 heterocycles. The number of aromatic nitrogens is 3. The first-order valence-corrected chi connectivity index (χ1v) is 6.38. The highest BCUT2D eigenvalue weighted by atomic mass is 19.4. The van der Waals surface area contributed by atoms with Crippen molar-refractivity contribution in [2.45, 2.75) is 32.9 Å². The summed E-state index contributed by atoms with van der Waals surface area (Å²) < 4.78 is 41.5. The first kappa shape index (κ1) is 16.3. The highest BCUT2D eigenvalue weighted by Crippen LogP contribution is 2.19. The predicted molar refractivity (Wildman–Crippen MR) is 68.9 cm³/mol. The van der Waals surface area contributed by atoms with E-state index in [1.54, 1.807) is 0 Å². The van der Waals surface area contributed by atoms with Crippen molar-refractivity contribution in [3.05, 3.63) is 0 Å². The zero-order valence-corrected chi connectivity index (χ0v) is 11.4. The molecule has 1 aromatic heterocycles. The fourth-order valence-electron chi connectivity index (χ4n) is 1.25. The summed E-state index contributed by atoms with van der Waals surface area (Å²) in [5, 5.41) is 5.38. The predicted octanol–water partition coefficient (Wildman–Crippen LogP) is 2.46. The highest BCUT2D eigenvalue weighted by Gasteiger charge is 2.26. The summed E-state index contributed by atoms with van der Waals surface area (Å²) in [4.78, 5) is 11.9. The summed E-state index contributed by atoms with van der Waals surface area (Å²) >= 11 is 0. The van der Waals surface area contributed by atoms with Gasteiger partial charge in [-0.15, -0.1) is 0 Å². The average molecular weight is 293 g/mol. The fraction of sp³-hybridized carbons (Fsp3) is 0.727. The summed E-state index contributed by atoms with van der Waals surface area (Å²) in [5.41, 5.74) is 0. The Balaban J connectivity index is 2.69. The van der Waals surface area contributed by atoms with Gasteiger partial charge in [-0.1, -0.05) is 6.92 Å². The van der Waals surface area contributed by atoms with E-state index in [2.05, 4.69) is 25.6 Å². The molecule has 0 saturated heterocycles. The molecule has 0 bridgehead atoms. The van der Waals surface area contributed by atoms with Gasteiger partial charge in [0.25, 0.3) is 0 Å². The molecule has 1 aromatic rings. The second-order valence-corrected chi connectivity index (χ2v) is 3.94. The monoisotopic (exact) mass is 293 g/mol. The second-order valence-electron chi connectivity index (χ2n) is 3.94. The average Bonchev–Trinajstić information content (AvgIpc) is 2.35. The number of alkyl halides is 3. The summed E-state index contributed by atoms with van der Waals surface area (Å²) in [7, 11) is 0. The van der Waals surface area contributed by atoms with Gasteiger partial charge in [0, 0.05) is 13.1 Å². The fourth-order valence-corrected chi connectivity index (χ4v) is 1.25. The third kappa shape index (κ3) is 6.39. The molecule has 0 amide bonds. The SMILES string of the molecule is CCCOc1nc(NCC)nc(NCCC(F)(F)F)n1. The first-order valence-electron chi connectivity index (χ1n) is 6.38. The summed E-state index contributed by atoms with van der Waals surface area (Å²) in [5.74, 6) is 0.328. The van der Waals surface area contributed by atoms with E-state index in [9.17, 15) is 13.2 Å². The van der Waals surface area contributed by atoms with E-state index in [4.69, 9.17) is 4.74 Å². The van der Waals surface area contributed by atoms with E-state index in [-0.39, 0.29) is 24.5 Å². The van der Waals surface area contributed by atoms with Gasteiger partial charge >= 0.3 is 12.2 Å². The molecule has 0 unspecified atom stereocenters. The Morgan fingerprint density at radius 3 is 2.25 bits per heavy atom. The van der Waals surface area contributed by atoms with Crippen LogP contribution in [0.3, 0.4) is 0 Å². The van der Waals surface area contributed by atoms with Crippen molar-refractivity contribution in [3.8, 4) is 6.01 Å². The Morgan fingerprint density at radius 1 is 1.05 bits per heavy atom. The van der Waals surface area contributed by atoms with Crippen molar-refractivity contribution in [1.29, 1.82) is 0 Å². The number of halogens is 3. The van der Waals surface area contributed by atoms with E-state index in [0.717, 1.165) is 6.42 Å². The van der Waals surface area contributed by atoms with Crippen LogP contribution >= 0.6 is 0 Å². The lowest BCUT2D eigenvalue weighted by Crippen LogP contribution is -2.17. The van der Waals surface area contributed by atoms with Crippen molar-refractivity contribution >= 4 is 11.9 Å². The zero-order chi connectivity index (χ0) is 15.0. The van der Waals surface area contributed by atoms with Crippen LogP contribution in [0.4, 0.5) is 25.1 Å². The van der Waals surface area contributed by atoms with Crippen molar-refractivity contribution in [2.24, 2.45) is 0 Å². The Hall–Kier alpha value is -1.80. The molecule has 6 nitrogen and oxygen atoms in total. The van der Waals surface area contributed by atoms with Gasteiger partial charge in [-0.2, -0.15) is 28.1 Å². The Morgan fingerprint density at radius 2 is 1.70 bits per heavy atom. The minimum absolute atomic E-state index is 0.0614. The summed E-state index contributed by atoms with van der Waals surface area (Å²) in [6.45, 7) is 4.49. The minimum Gasteiger partial charge on any atom is -0.463 e. The second kappa shape index (κ2) is 7.71. The molecule has 0 aliphatic heterocycles. The van der Waals surface area contributed by atoms with Crippen LogP contribution in [-0.2, 0) is 0 Å². The van der Waals surface area contributed by atoms with Crippen LogP contribution < -0.4 is 15.4 Å². The van der Waals surface area contributed by atoms with Crippen molar-refractivity contribution in [3.63, 3.8) is 0 Å². The standard InChI is InChI=1S/C11H18F3N5O/c1-3-7-20-10-18-8(15-4-2)17-9(19-10)16-6-5-11(12,13)14/h3-7H2,1-2H3,(H2,15,16,17,18,19). The lowest BCUT2D eigenvalue weighted by atomic mass is 10.4. The van der Waals surface area contributed by atoms with Gasteiger partial charge in [-0.25, -0.2) is 0 Å². The molecule has 9 heteroatoms. The maximum absolute atomic E-state index is 12.1. The van der Waals surface area contributed by atoms with Gasteiger partial charge in [0.1, 0.15) is 0 Å². The van der Waals surface area contributed by atoms with E-state index in [0.29, 0.717) is 13.2 Å². The van der Waals surface area contributed by atoms with E-state index < -0.39 is 12.6 Å². The molecule has 20 heavy (non-hydrogen) atoms. The third-order valence-electron chi connectivity index (χ3n) is 2.08. The van der Waals surface area contributed by atoms with E-state index in [1.165, 1.54) is 0 Å². The molecule has 2 N–H and O–H groups in total.